The highest BCUT2D eigenvalue weighted by Crippen LogP contribution is 2.65. The molecular weight excluding hydrogens is 260 g/mol. The van der Waals surface area contributed by atoms with Crippen LogP contribution in [0, 0.1) is 17.3 Å². The summed E-state index contributed by atoms with van der Waals surface area (Å²) < 4.78 is 2.16. The van der Waals surface area contributed by atoms with E-state index in [9.17, 15) is 0 Å². The molecule has 2 aromatic rings. The molecule has 0 saturated heterocycles. The fourth-order valence-electron chi connectivity index (χ4n) is 6.25. The molecule has 21 heavy (non-hydrogen) atoms. The molecule has 2 aromatic heterocycles. The topological polar surface area (TPSA) is 56.2 Å². The zero-order valence-corrected chi connectivity index (χ0v) is 12.5. The van der Waals surface area contributed by atoms with E-state index >= 15 is 0 Å². The summed E-state index contributed by atoms with van der Waals surface area (Å²) >= 11 is 0. The first-order chi connectivity index (χ1) is 10.1. The average Bonchev–Trinajstić information content (AvgIpc) is 2.79. The molecule has 0 spiro atoms. The van der Waals surface area contributed by atoms with Gasteiger partial charge >= 0.3 is 0 Å². The maximum atomic E-state index is 5.99. The van der Waals surface area contributed by atoms with E-state index in [4.69, 9.17) is 5.73 Å². The smallest absolute Gasteiger partial charge is 0.160 e. The fourth-order valence-corrected chi connectivity index (χ4v) is 6.25. The second-order valence-corrected chi connectivity index (χ2v) is 8.27. The molecule has 4 saturated carbocycles. The summed E-state index contributed by atoms with van der Waals surface area (Å²) in [6.45, 7) is 2.50. The van der Waals surface area contributed by atoms with Crippen LogP contribution in [0.4, 0.5) is 5.69 Å². The summed E-state index contributed by atoms with van der Waals surface area (Å²) in [6, 6.07) is 3.89. The van der Waals surface area contributed by atoms with Crippen LogP contribution in [0.15, 0.2) is 18.3 Å². The summed E-state index contributed by atoms with van der Waals surface area (Å²) in [4.78, 5) is 0. The van der Waals surface area contributed by atoms with Gasteiger partial charge in [-0.05, 0) is 67.9 Å². The van der Waals surface area contributed by atoms with Gasteiger partial charge < -0.3 is 5.73 Å². The Hall–Kier alpha value is -1.58. The van der Waals surface area contributed by atoms with Gasteiger partial charge in [0, 0.05) is 17.3 Å². The van der Waals surface area contributed by atoms with Gasteiger partial charge in [0.1, 0.15) is 5.82 Å². The quantitative estimate of drug-likeness (QED) is 0.874. The van der Waals surface area contributed by atoms with Crippen LogP contribution in [-0.4, -0.2) is 14.6 Å². The lowest BCUT2D eigenvalue weighted by Gasteiger charge is -2.60. The Balaban J connectivity index is 1.70. The zero-order valence-electron chi connectivity index (χ0n) is 12.5. The van der Waals surface area contributed by atoms with Crippen molar-refractivity contribution in [2.45, 2.75) is 50.9 Å². The van der Waals surface area contributed by atoms with Gasteiger partial charge in [-0.25, -0.2) is 0 Å². The van der Waals surface area contributed by atoms with E-state index in [1.807, 2.05) is 18.3 Å². The van der Waals surface area contributed by atoms with Crippen molar-refractivity contribution in [3.63, 3.8) is 0 Å². The fraction of sp³-hybridized carbons (Fsp3) is 0.647. The highest BCUT2D eigenvalue weighted by atomic mass is 15.3. The number of nitrogen functional groups attached to an aromatic ring is 1. The molecule has 4 nitrogen and oxygen atoms in total. The third kappa shape index (κ3) is 1.56. The summed E-state index contributed by atoms with van der Waals surface area (Å²) in [5.74, 6) is 2.96. The molecule has 2 N–H and O–H groups in total. The number of nitrogens with zero attached hydrogens (tertiary/aromatic N) is 3. The summed E-state index contributed by atoms with van der Waals surface area (Å²) in [6.07, 6.45) is 10.2. The zero-order chi connectivity index (χ0) is 14.2. The molecule has 0 radical (unpaired) electrons. The Morgan fingerprint density at radius 3 is 2.62 bits per heavy atom. The van der Waals surface area contributed by atoms with Gasteiger partial charge in [0.2, 0.25) is 0 Å². The van der Waals surface area contributed by atoms with Gasteiger partial charge in [0.25, 0.3) is 0 Å². The molecule has 6 rings (SSSR count). The van der Waals surface area contributed by atoms with Crippen LogP contribution in [-0.2, 0) is 5.41 Å². The van der Waals surface area contributed by atoms with Crippen LogP contribution >= 0.6 is 0 Å². The minimum atomic E-state index is 0.242. The number of aromatic nitrogens is 3. The van der Waals surface area contributed by atoms with Crippen molar-refractivity contribution in [3.8, 4) is 0 Å². The van der Waals surface area contributed by atoms with Crippen LogP contribution in [0.25, 0.3) is 5.65 Å². The van der Waals surface area contributed by atoms with E-state index in [1.54, 1.807) is 0 Å². The van der Waals surface area contributed by atoms with Gasteiger partial charge in [-0.3, -0.25) is 4.40 Å². The van der Waals surface area contributed by atoms with Crippen LogP contribution in [0.3, 0.4) is 0 Å². The van der Waals surface area contributed by atoms with Crippen molar-refractivity contribution in [2.24, 2.45) is 17.3 Å². The lowest BCUT2D eigenvalue weighted by atomic mass is 9.44. The SMILES string of the molecule is CC12CC3CC(C1)CC(c1nnc4ccc(N)cn14)(C3)C2. The molecule has 0 aliphatic heterocycles. The van der Waals surface area contributed by atoms with Gasteiger partial charge in [-0.1, -0.05) is 6.92 Å². The lowest BCUT2D eigenvalue weighted by Crippen LogP contribution is -2.53. The van der Waals surface area contributed by atoms with E-state index in [0.717, 1.165) is 23.2 Å². The van der Waals surface area contributed by atoms with Crippen LogP contribution < -0.4 is 5.73 Å². The van der Waals surface area contributed by atoms with Gasteiger partial charge in [-0.2, -0.15) is 0 Å². The van der Waals surface area contributed by atoms with E-state index in [2.05, 4.69) is 21.5 Å². The largest absolute Gasteiger partial charge is 0.398 e. The van der Waals surface area contributed by atoms with Gasteiger partial charge in [0.15, 0.2) is 5.65 Å². The third-order valence-corrected chi connectivity index (χ3v) is 6.25. The predicted molar refractivity (Wildman–Crippen MR) is 81.9 cm³/mol. The van der Waals surface area contributed by atoms with E-state index in [1.165, 1.54) is 44.3 Å². The van der Waals surface area contributed by atoms with Crippen LogP contribution in [0.2, 0.25) is 0 Å². The van der Waals surface area contributed by atoms with Crippen molar-refractivity contribution in [1.29, 1.82) is 0 Å². The van der Waals surface area contributed by atoms with Crippen molar-refractivity contribution in [2.75, 3.05) is 5.73 Å². The highest BCUT2D eigenvalue weighted by Gasteiger charge is 2.57. The molecule has 4 aliphatic carbocycles. The Labute approximate surface area is 124 Å². The number of nitrogens with two attached hydrogens (primary N) is 1. The van der Waals surface area contributed by atoms with E-state index in [-0.39, 0.29) is 5.41 Å². The first-order valence-corrected chi connectivity index (χ1v) is 8.16. The summed E-state index contributed by atoms with van der Waals surface area (Å²) in [7, 11) is 0. The first kappa shape index (κ1) is 12.0. The molecule has 4 aliphatic rings. The molecule has 4 heteroatoms. The number of fused-ring (bicyclic) bond motifs is 1. The first-order valence-electron chi connectivity index (χ1n) is 8.16. The predicted octanol–water partition coefficient (Wildman–Crippen LogP) is 3.17. The molecule has 2 unspecified atom stereocenters. The Bertz CT molecular complexity index is 717. The maximum absolute atomic E-state index is 5.99. The minimum Gasteiger partial charge on any atom is -0.398 e. The number of hydrogen-bond acceptors (Lipinski definition) is 3. The van der Waals surface area contributed by atoms with Crippen molar-refractivity contribution >= 4 is 11.3 Å². The highest BCUT2D eigenvalue weighted by molar-refractivity contribution is 5.48. The summed E-state index contributed by atoms with van der Waals surface area (Å²) in [5, 5.41) is 9.01. The second-order valence-electron chi connectivity index (χ2n) is 8.27. The molecule has 110 valence electrons. The van der Waals surface area contributed by atoms with Gasteiger partial charge in [-0.15, -0.1) is 10.2 Å². The average molecular weight is 282 g/mol. The number of anilines is 1. The summed E-state index contributed by atoms with van der Waals surface area (Å²) in [5.41, 5.74) is 8.48. The van der Waals surface area contributed by atoms with Crippen LogP contribution in [0.5, 0.6) is 0 Å². The number of hydrogen-bond donors (Lipinski definition) is 1. The monoisotopic (exact) mass is 282 g/mol. The lowest BCUT2D eigenvalue weighted by molar-refractivity contribution is -0.0651. The van der Waals surface area contributed by atoms with Crippen molar-refractivity contribution < 1.29 is 0 Å². The molecular formula is C17H22N4. The van der Waals surface area contributed by atoms with Crippen molar-refractivity contribution in [3.05, 3.63) is 24.2 Å². The Kier molecular flexibility index (Phi) is 2.06. The normalized spacial score (nSPS) is 41.0. The maximum Gasteiger partial charge on any atom is 0.160 e. The number of rotatable bonds is 1. The van der Waals surface area contributed by atoms with E-state index in [0.29, 0.717) is 5.41 Å². The molecule has 2 atom stereocenters. The Morgan fingerprint density at radius 1 is 1.14 bits per heavy atom. The molecule has 0 amide bonds. The van der Waals surface area contributed by atoms with Crippen molar-refractivity contribution in [1.82, 2.24) is 14.6 Å². The standard InChI is InChI=1S/C17H22N4/c1-16-5-11-4-12(6-16)8-17(7-11,10-16)15-20-19-14-3-2-13(18)9-21(14)15/h2-3,9,11-12H,4-8,10,18H2,1H3. The van der Waals surface area contributed by atoms with Crippen LogP contribution in [0.1, 0.15) is 51.3 Å². The second kappa shape index (κ2) is 3.60. The molecule has 0 aromatic carbocycles. The molecule has 4 bridgehead atoms. The van der Waals surface area contributed by atoms with E-state index < -0.39 is 0 Å². The molecule has 2 heterocycles. The van der Waals surface area contributed by atoms with Gasteiger partial charge in [0.05, 0.1) is 0 Å². The minimum absolute atomic E-state index is 0.242. The molecule has 4 fully saturated rings. The Morgan fingerprint density at radius 2 is 1.90 bits per heavy atom. The number of pyridine rings is 1. The third-order valence-electron chi connectivity index (χ3n) is 6.25.